The third-order valence-corrected chi connectivity index (χ3v) is 10.9. The normalized spacial score (nSPS) is 21.2. The number of piperazine rings is 1. The van der Waals surface area contributed by atoms with E-state index in [-0.39, 0.29) is 24.5 Å². The van der Waals surface area contributed by atoms with E-state index in [2.05, 4.69) is 63.7 Å². The number of amides is 1. The number of benzene rings is 3. The number of nitrogens with one attached hydrogen (secondary N) is 1. The van der Waals surface area contributed by atoms with Gasteiger partial charge in [-0.3, -0.25) is 0 Å². The first-order chi connectivity index (χ1) is 24.1. The van der Waals surface area contributed by atoms with Gasteiger partial charge in [0.05, 0.1) is 37.4 Å². The fourth-order valence-electron chi connectivity index (χ4n) is 7.94. The minimum absolute atomic E-state index is 0.161. The molecule has 49 heavy (non-hydrogen) atoms. The van der Waals surface area contributed by atoms with Gasteiger partial charge in [-0.05, 0) is 55.7 Å². The van der Waals surface area contributed by atoms with E-state index in [0.29, 0.717) is 44.8 Å². The van der Waals surface area contributed by atoms with Gasteiger partial charge >= 0.3 is 12.1 Å². The number of rotatable bonds is 9. The van der Waals surface area contributed by atoms with Gasteiger partial charge in [0.25, 0.3) is 0 Å². The largest absolute Gasteiger partial charge is 0.463 e. The van der Waals surface area contributed by atoms with Gasteiger partial charge in [0.2, 0.25) is 0 Å². The zero-order chi connectivity index (χ0) is 33.2. The molecule has 0 bridgehead atoms. The summed E-state index contributed by atoms with van der Waals surface area (Å²) in [5, 5.41) is 15.9. The molecule has 1 amide bonds. The lowest BCUT2D eigenvalue weighted by atomic mass is 9.96. The van der Waals surface area contributed by atoms with Gasteiger partial charge in [0, 0.05) is 54.3 Å². The molecule has 3 fully saturated rings. The first-order valence-corrected chi connectivity index (χ1v) is 17.7. The van der Waals surface area contributed by atoms with Crippen LogP contribution >= 0.6 is 0 Å². The number of hydrogen-bond donors (Lipinski definition) is 1. The van der Waals surface area contributed by atoms with Gasteiger partial charge in [-0.1, -0.05) is 66.7 Å². The molecule has 1 saturated carbocycles. The third kappa shape index (κ3) is 6.47. The third-order valence-electron chi connectivity index (χ3n) is 10.9. The number of anilines is 2. The highest BCUT2D eigenvalue weighted by Crippen LogP contribution is 2.51. The zero-order valence-electron chi connectivity index (χ0n) is 27.9. The van der Waals surface area contributed by atoms with Gasteiger partial charge < -0.3 is 29.5 Å². The lowest BCUT2D eigenvalue weighted by Crippen LogP contribution is -2.55. The molecule has 10 heteroatoms. The molecule has 3 aliphatic heterocycles. The standard InChI is InChI=1S/C39H43N7O3/c40-19-15-30-24-45(22-23-46(30)38(47)48-26-28-8-2-1-3-9-28)36-32-16-21-44(34-13-6-11-29-10-4-5-12-31(29)34)25-33(32)42-37(43-36)49-27-39(17-18-39)35-14-7-20-41-35/h1-6,8-13,30,35,41H,7,14-18,20-27H2/t30-,35+/m0/s1. The Balaban J connectivity index is 1.06. The van der Waals surface area contributed by atoms with Crippen molar-refractivity contribution in [3.05, 3.63) is 89.6 Å². The smallest absolute Gasteiger partial charge is 0.410 e. The summed E-state index contributed by atoms with van der Waals surface area (Å²) in [6.07, 6.45) is 5.33. The van der Waals surface area contributed by atoms with Crippen molar-refractivity contribution in [3.63, 3.8) is 0 Å². The summed E-state index contributed by atoms with van der Waals surface area (Å²) in [4.78, 5) is 29.8. The summed E-state index contributed by atoms with van der Waals surface area (Å²) in [5.41, 5.74) is 4.39. The van der Waals surface area contributed by atoms with Crippen LogP contribution < -0.4 is 19.9 Å². The minimum Gasteiger partial charge on any atom is -0.463 e. The molecule has 4 heterocycles. The van der Waals surface area contributed by atoms with Crippen LogP contribution in [0.2, 0.25) is 0 Å². The number of fused-ring (bicyclic) bond motifs is 2. The lowest BCUT2D eigenvalue weighted by Gasteiger charge is -2.42. The Labute approximate surface area is 287 Å². The summed E-state index contributed by atoms with van der Waals surface area (Å²) in [6, 6.07) is 27.6. The van der Waals surface area contributed by atoms with E-state index in [4.69, 9.17) is 19.4 Å². The Morgan fingerprint density at radius 2 is 1.82 bits per heavy atom. The monoisotopic (exact) mass is 657 g/mol. The fourth-order valence-corrected chi connectivity index (χ4v) is 7.94. The van der Waals surface area contributed by atoms with Gasteiger partial charge in [-0.15, -0.1) is 0 Å². The van der Waals surface area contributed by atoms with Crippen molar-refractivity contribution < 1.29 is 14.3 Å². The Morgan fingerprint density at radius 1 is 0.980 bits per heavy atom. The second kappa shape index (κ2) is 13.6. The number of carbonyl (C=O) groups excluding carboxylic acids is 1. The molecule has 10 nitrogen and oxygen atoms in total. The topological polar surface area (TPSA) is 107 Å². The second-order valence-electron chi connectivity index (χ2n) is 13.9. The van der Waals surface area contributed by atoms with Crippen LogP contribution in [0, 0.1) is 16.7 Å². The predicted molar refractivity (Wildman–Crippen MR) is 188 cm³/mol. The van der Waals surface area contributed by atoms with Crippen LogP contribution in [0.4, 0.5) is 16.3 Å². The Bertz CT molecular complexity index is 1850. The van der Waals surface area contributed by atoms with Crippen LogP contribution in [0.5, 0.6) is 6.01 Å². The number of carbonyl (C=O) groups is 1. The molecule has 0 unspecified atom stereocenters. The van der Waals surface area contributed by atoms with Gasteiger partial charge in [0.15, 0.2) is 0 Å². The number of nitrogens with zero attached hydrogens (tertiary/aromatic N) is 6. The molecule has 2 saturated heterocycles. The van der Waals surface area contributed by atoms with Crippen LogP contribution in [-0.4, -0.2) is 72.4 Å². The van der Waals surface area contributed by atoms with Crippen LogP contribution in [0.15, 0.2) is 72.8 Å². The van der Waals surface area contributed by atoms with E-state index in [1.807, 2.05) is 30.3 Å². The quantitative estimate of drug-likeness (QED) is 0.238. The Kier molecular flexibility index (Phi) is 8.68. The average Bonchev–Trinajstić information content (AvgIpc) is 3.73. The molecular weight excluding hydrogens is 614 g/mol. The summed E-state index contributed by atoms with van der Waals surface area (Å²) in [6.45, 7) is 4.87. The highest BCUT2D eigenvalue weighted by Gasteiger charge is 2.51. The van der Waals surface area contributed by atoms with Crippen molar-refractivity contribution in [2.24, 2.45) is 5.41 Å². The molecule has 1 N–H and O–H groups in total. The number of nitriles is 1. The number of ether oxygens (including phenoxy) is 2. The van der Waals surface area contributed by atoms with Crippen LogP contribution in [-0.2, 0) is 24.3 Å². The van der Waals surface area contributed by atoms with E-state index in [9.17, 15) is 10.1 Å². The highest BCUT2D eigenvalue weighted by atomic mass is 16.6. The van der Waals surface area contributed by atoms with E-state index in [0.717, 1.165) is 55.0 Å². The second-order valence-corrected chi connectivity index (χ2v) is 13.9. The summed E-state index contributed by atoms with van der Waals surface area (Å²) < 4.78 is 12.2. The summed E-state index contributed by atoms with van der Waals surface area (Å²) in [5.74, 6) is 0.863. The van der Waals surface area contributed by atoms with Crippen LogP contribution in [0.1, 0.15) is 48.9 Å². The molecule has 0 radical (unpaired) electrons. The molecule has 8 rings (SSSR count). The Morgan fingerprint density at radius 3 is 2.63 bits per heavy atom. The number of aromatic nitrogens is 2. The molecule has 3 aromatic carbocycles. The van der Waals surface area contributed by atoms with E-state index in [1.54, 1.807) is 4.90 Å². The first kappa shape index (κ1) is 31.4. The summed E-state index contributed by atoms with van der Waals surface area (Å²) >= 11 is 0. The zero-order valence-corrected chi connectivity index (χ0v) is 27.9. The summed E-state index contributed by atoms with van der Waals surface area (Å²) in [7, 11) is 0. The maximum absolute atomic E-state index is 13.3. The maximum atomic E-state index is 13.3. The van der Waals surface area contributed by atoms with Crippen LogP contribution in [0.25, 0.3) is 10.8 Å². The van der Waals surface area contributed by atoms with Gasteiger partial charge in [0.1, 0.15) is 12.4 Å². The van der Waals surface area contributed by atoms with Crippen molar-refractivity contribution in [2.45, 2.75) is 63.8 Å². The van der Waals surface area contributed by atoms with Gasteiger partial charge in [-0.2, -0.15) is 15.2 Å². The predicted octanol–water partition coefficient (Wildman–Crippen LogP) is 5.84. The molecule has 252 valence electrons. The molecular formula is C39H43N7O3. The fraction of sp³-hybridized carbons (Fsp3) is 0.436. The van der Waals surface area contributed by atoms with Crippen molar-refractivity contribution >= 4 is 28.4 Å². The molecule has 1 aromatic heterocycles. The maximum Gasteiger partial charge on any atom is 0.410 e. The first-order valence-electron chi connectivity index (χ1n) is 17.7. The van der Waals surface area contributed by atoms with Crippen LogP contribution in [0.3, 0.4) is 0 Å². The SMILES string of the molecule is N#CC[C@H]1CN(c2nc(OCC3([C@H]4CCCN4)CC3)nc3c2CCN(c2cccc4ccccc24)C3)CCN1C(=O)OCc1ccccc1. The molecule has 1 aliphatic carbocycles. The van der Waals surface area contributed by atoms with E-state index in [1.165, 1.54) is 29.3 Å². The highest BCUT2D eigenvalue weighted by molar-refractivity contribution is 5.94. The van der Waals surface area contributed by atoms with Crippen molar-refractivity contribution in [2.75, 3.05) is 49.1 Å². The van der Waals surface area contributed by atoms with Crippen molar-refractivity contribution in [1.29, 1.82) is 5.26 Å². The molecule has 4 aliphatic rings. The van der Waals surface area contributed by atoms with Gasteiger partial charge in [-0.25, -0.2) is 4.79 Å². The molecule has 0 spiro atoms. The lowest BCUT2D eigenvalue weighted by molar-refractivity contribution is 0.0767. The van der Waals surface area contributed by atoms with E-state index >= 15 is 0 Å². The Hall–Kier alpha value is -4.88. The average molecular weight is 658 g/mol. The van der Waals surface area contributed by atoms with E-state index < -0.39 is 6.09 Å². The van der Waals surface area contributed by atoms with Crippen molar-refractivity contribution in [1.82, 2.24) is 20.2 Å². The van der Waals surface area contributed by atoms with Crippen molar-refractivity contribution in [3.8, 4) is 12.1 Å². The minimum atomic E-state index is -0.390. The number of hydrogen-bond acceptors (Lipinski definition) is 9. The molecule has 4 aromatic rings. The molecule has 2 atom stereocenters.